The molecule has 0 aromatic heterocycles. The Morgan fingerprint density at radius 3 is 2.46 bits per heavy atom. The Morgan fingerprint density at radius 2 is 1.85 bits per heavy atom. The van der Waals surface area contributed by atoms with Crippen molar-refractivity contribution in [1.29, 1.82) is 0 Å². The molecule has 0 radical (unpaired) electrons. The monoisotopic (exact) mass is 368 g/mol. The molecule has 144 valence electrons. The van der Waals surface area contributed by atoms with E-state index in [0.29, 0.717) is 12.8 Å². The van der Waals surface area contributed by atoms with Gasteiger partial charge < -0.3 is 18.9 Å². The van der Waals surface area contributed by atoms with E-state index in [4.69, 9.17) is 18.9 Å². The van der Waals surface area contributed by atoms with Crippen molar-refractivity contribution in [1.82, 2.24) is 0 Å². The van der Waals surface area contributed by atoms with Crippen LogP contribution in [0.25, 0.3) is 0 Å². The van der Waals surface area contributed by atoms with Gasteiger partial charge in [0.25, 0.3) is 0 Å². The highest BCUT2D eigenvalue weighted by Gasteiger charge is 2.52. The normalized spacial score (nSPS) is 26.6. The van der Waals surface area contributed by atoms with Crippen LogP contribution in [0.3, 0.4) is 0 Å². The average molecular weight is 368 g/mol. The smallest absolute Gasteiger partial charge is 0.333 e. The van der Waals surface area contributed by atoms with Gasteiger partial charge in [-0.2, -0.15) is 0 Å². The third-order valence-electron chi connectivity index (χ3n) is 4.57. The van der Waals surface area contributed by atoms with E-state index in [1.807, 2.05) is 0 Å². The van der Waals surface area contributed by atoms with Gasteiger partial charge in [0.2, 0.25) is 0 Å². The molecule has 2 bridgehead atoms. The van der Waals surface area contributed by atoms with Crippen LogP contribution in [-0.4, -0.2) is 48.8 Å². The van der Waals surface area contributed by atoms with Crippen LogP contribution >= 0.6 is 0 Å². The predicted molar refractivity (Wildman–Crippen MR) is 87.7 cm³/mol. The summed E-state index contributed by atoms with van der Waals surface area (Å²) in [6.07, 6.45) is 1.11. The van der Waals surface area contributed by atoms with Gasteiger partial charge in [0.15, 0.2) is 0 Å². The van der Waals surface area contributed by atoms with Gasteiger partial charge in [0.1, 0.15) is 24.9 Å². The zero-order valence-corrected chi connectivity index (χ0v) is 15.1. The third-order valence-corrected chi connectivity index (χ3v) is 4.57. The molecule has 3 rings (SSSR count). The third kappa shape index (κ3) is 5.06. The van der Waals surface area contributed by atoms with Crippen LogP contribution in [-0.2, 0) is 38.1 Å². The highest BCUT2D eigenvalue weighted by Crippen LogP contribution is 2.43. The van der Waals surface area contributed by atoms with E-state index in [0.717, 1.165) is 6.42 Å². The number of carbonyl (C=O) groups is 4. The largest absolute Gasteiger partial charge is 0.462 e. The Morgan fingerprint density at radius 1 is 1.19 bits per heavy atom. The predicted octanol–water partition coefficient (Wildman–Crippen LogP) is 1.46. The zero-order chi connectivity index (χ0) is 19.3. The van der Waals surface area contributed by atoms with Crippen molar-refractivity contribution in [3.05, 3.63) is 12.2 Å². The average Bonchev–Trinajstić information content (AvgIpc) is 2.57. The highest BCUT2D eigenvalue weighted by molar-refractivity contribution is 5.86. The minimum absolute atomic E-state index is 0.0743. The number of fused-ring (bicyclic) bond motifs is 3. The molecule has 2 heterocycles. The second-order valence-corrected chi connectivity index (χ2v) is 6.82. The van der Waals surface area contributed by atoms with Crippen molar-refractivity contribution in [3.8, 4) is 0 Å². The second kappa shape index (κ2) is 8.33. The molecule has 3 unspecified atom stereocenters. The van der Waals surface area contributed by atoms with E-state index < -0.39 is 29.6 Å². The van der Waals surface area contributed by atoms with E-state index in [-0.39, 0.29) is 43.5 Å². The fraction of sp³-hybridized carbons (Fsp3) is 0.667. The molecular weight excluding hydrogens is 344 g/mol. The molecule has 0 spiro atoms. The van der Waals surface area contributed by atoms with Gasteiger partial charge in [-0.15, -0.1) is 0 Å². The molecule has 2 saturated heterocycles. The SMILES string of the molecule is C=C(C)C(=O)OCCOC(=O)CCC(=O)OC1CC2CCC1(C)OC2=O. The topological polar surface area (TPSA) is 105 Å². The standard InChI is InChI=1S/C18H24O8/c1-11(2)16(21)24-9-8-23-14(19)4-5-15(20)25-13-10-12-6-7-18(13,3)26-17(12)22/h12-13H,1,4-10H2,2-3H3. The minimum atomic E-state index is -0.783. The van der Waals surface area contributed by atoms with Gasteiger partial charge in [-0.05, 0) is 26.7 Å². The fourth-order valence-corrected chi connectivity index (χ4v) is 2.97. The lowest BCUT2D eigenvalue weighted by atomic mass is 9.74. The molecule has 0 amide bonds. The fourth-order valence-electron chi connectivity index (χ4n) is 2.97. The van der Waals surface area contributed by atoms with Gasteiger partial charge in [0.05, 0.1) is 18.8 Å². The van der Waals surface area contributed by atoms with Crippen LogP contribution in [0.5, 0.6) is 0 Å². The second-order valence-electron chi connectivity index (χ2n) is 6.82. The molecule has 1 aliphatic carbocycles. The molecule has 8 heteroatoms. The van der Waals surface area contributed by atoms with Gasteiger partial charge in [-0.1, -0.05) is 6.58 Å². The maximum atomic E-state index is 12.0. The first-order chi connectivity index (χ1) is 12.2. The summed E-state index contributed by atoms with van der Waals surface area (Å²) in [5.74, 6) is -2.13. The van der Waals surface area contributed by atoms with Crippen LogP contribution < -0.4 is 0 Å². The summed E-state index contributed by atoms with van der Waals surface area (Å²) in [7, 11) is 0. The Balaban J connectivity index is 1.64. The van der Waals surface area contributed by atoms with Crippen molar-refractivity contribution < 1.29 is 38.1 Å². The van der Waals surface area contributed by atoms with E-state index >= 15 is 0 Å². The maximum absolute atomic E-state index is 12.0. The number of hydrogen-bond acceptors (Lipinski definition) is 8. The highest BCUT2D eigenvalue weighted by atomic mass is 16.6. The first kappa shape index (κ1) is 19.9. The number of carbonyl (C=O) groups excluding carboxylic acids is 4. The Hall–Kier alpha value is -2.38. The molecule has 26 heavy (non-hydrogen) atoms. The number of hydrogen-bond donors (Lipinski definition) is 0. The molecule has 3 atom stereocenters. The molecule has 3 aliphatic rings. The lowest BCUT2D eigenvalue weighted by molar-refractivity contribution is -0.218. The van der Waals surface area contributed by atoms with Crippen molar-refractivity contribution in [2.75, 3.05) is 13.2 Å². The lowest BCUT2D eigenvalue weighted by Crippen LogP contribution is -2.57. The Bertz CT molecular complexity index is 610. The zero-order valence-electron chi connectivity index (χ0n) is 15.1. The molecule has 1 saturated carbocycles. The van der Waals surface area contributed by atoms with E-state index in [1.165, 1.54) is 6.92 Å². The van der Waals surface area contributed by atoms with Crippen LogP contribution in [0.15, 0.2) is 12.2 Å². The number of esters is 4. The summed E-state index contributed by atoms with van der Waals surface area (Å²) in [5, 5.41) is 0. The van der Waals surface area contributed by atoms with Crippen molar-refractivity contribution in [2.24, 2.45) is 5.92 Å². The van der Waals surface area contributed by atoms with Crippen LogP contribution in [0.1, 0.15) is 46.0 Å². The van der Waals surface area contributed by atoms with Gasteiger partial charge in [-0.25, -0.2) is 4.79 Å². The Kier molecular flexibility index (Phi) is 6.39. The van der Waals surface area contributed by atoms with E-state index in [1.54, 1.807) is 6.92 Å². The van der Waals surface area contributed by atoms with Crippen LogP contribution in [0.2, 0.25) is 0 Å². The van der Waals surface area contributed by atoms with Crippen LogP contribution in [0, 0.1) is 5.92 Å². The summed E-state index contributed by atoms with van der Waals surface area (Å²) in [5.41, 5.74) is -0.523. The van der Waals surface area contributed by atoms with Gasteiger partial charge in [-0.3, -0.25) is 14.4 Å². The Labute approximate surface area is 151 Å². The molecule has 2 aliphatic heterocycles. The summed E-state index contributed by atoms with van der Waals surface area (Å²) in [4.78, 5) is 46.3. The van der Waals surface area contributed by atoms with Gasteiger partial charge >= 0.3 is 23.9 Å². The molecule has 0 aromatic carbocycles. The van der Waals surface area contributed by atoms with E-state index in [9.17, 15) is 19.2 Å². The molecule has 8 nitrogen and oxygen atoms in total. The first-order valence-electron chi connectivity index (χ1n) is 8.62. The lowest BCUT2D eigenvalue weighted by Gasteiger charge is -2.47. The molecule has 0 aromatic rings. The summed E-state index contributed by atoms with van der Waals surface area (Å²) >= 11 is 0. The summed E-state index contributed by atoms with van der Waals surface area (Å²) < 4.78 is 20.4. The maximum Gasteiger partial charge on any atom is 0.333 e. The quantitative estimate of drug-likeness (QED) is 0.274. The van der Waals surface area contributed by atoms with E-state index in [2.05, 4.69) is 6.58 Å². The molecule has 3 fully saturated rings. The van der Waals surface area contributed by atoms with Crippen molar-refractivity contribution >= 4 is 23.9 Å². The summed E-state index contributed by atoms with van der Waals surface area (Å²) in [6.45, 7) is 6.54. The van der Waals surface area contributed by atoms with Crippen molar-refractivity contribution in [2.45, 2.75) is 57.7 Å². The first-order valence-corrected chi connectivity index (χ1v) is 8.62. The number of ether oxygens (including phenoxy) is 4. The number of rotatable bonds is 8. The minimum Gasteiger partial charge on any atom is -0.462 e. The molecular formula is C18H24O8. The van der Waals surface area contributed by atoms with Crippen LogP contribution in [0.4, 0.5) is 0 Å². The summed E-state index contributed by atoms with van der Waals surface area (Å²) in [6, 6.07) is 0. The van der Waals surface area contributed by atoms with Crippen molar-refractivity contribution in [3.63, 3.8) is 0 Å². The molecule has 0 N–H and O–H groups in total. The van der Waals surface area contributed by atoms with Gasteiger partial charge in [0, 0.05) is 12.0 Å².